The van der Waals surface area contributed by atoms with Crippen LogP contribution in [0, 0.1) is 0 Å². The van der Waals surface area contributed by atoms with Gasteiger partial charge in [-0.05, 0) is 6.07 Å². The molecule has 2 rings (SSSR count). The fourth-order valence-electron chi connectivity index (χ4n) is 2.23. The summed E-state index contributed by atoms with van der Waals surface area (Å²) < 4.78 is 26.6. The second-order valence-electron chi connectivity index (χ2n) is 5.32. The molecule has 1 amide bonds. The molecule has 23 heavy (non-hydrogen) atoms. The number of aromatic nitrogens is 2. The van der Waals surface area contributed by atoms with E-state index >= 15 is 0 Å². The van der Waals surface area contributed by atoms with Crippen molar-refractivity contribution in [2.75, 3.05) is 52.1 Å². The van der Waals surface area contributed by atoms with Gasteiger partial charge in [0.2, 0.25) is 11.9 Å². The average molecular weight is 342 g/mol. The van der Waals surface area contributed by atoms with Crippen LogP contribution in [0.25, 0.3) is 0 Å². The average Bonchev–Trinajstić information content (AvgIpc) is 2.55. The molecule has 1 aromatic rings. The Morgan fingerprint density at radius 3 is 2.39 bits per heavy atom. The summed E-state index contributed by atoms with van der Waals surface area (Å²) in [5.74, 6) is 0.484. The molecule has 0 atom stereocenters. The van der Waals surface area contributed by atoms with Crippen molar-refractivity contribution in [2.24, 2.45) is 0 Å². The van der Waals surface area contributed by atoms with Crippen molar-refractivity contribution in [2.45, 2.75) is 6.42 Å². The number of piperazine rings is 1. The summed E-state index contributed by atoms with van der Waals surface area (Å²) in [4.78, 5) is 21.9. The first-order valence-corrected chi connectivity index (χ1v) is 8.77. The number of nitrogens with one attached hydrogen (secondary N) is 1. The lowest BCUT2D eigenvalue weighted by Crippen LogP contribution is -2.53. The van der Waals surface area contributed by atoms with Crippen molar-refractivity contribution in [3.63, 3.8) is 0 Å². The minimum atomic E-state index is -3.40. The quantitative estimate of drug-likeness (QED) is 0.729. The summed E-state index contributed by atoms with van der Waals surface area (Å²) in [7, 11) is -0.394. The lowest BCUT2D eigenvalue weighted by molar-refractivity contribution is -0.132. The van der Waals surface area contributed by atoms with Crippen LogP contribution in [0.5, 0.6) is 0 Å². The van der Waals surface area contributed by atoms with Crippen LogP contribution in [0.2, 0.25) is 0 Å². The van der Waals surface area contributed by atoms with E-state index in [0.29, 0.717) is 45.1 Å². The number of anilines is 1. The predicted octanol–water partition coefficient (Wildman–Crippen LogP) is -0.771. The number of hydrogen-bond donors (Lipinski definition) is 1. The van der Waals surface area contributed by atoms with E-state index in [1.54, 1.807) is 23.4 Å². The molecule has 0 aromatic carbocycles. The Kier molecular flexibility index (Phi) is 5.85. The lowest BCUT2D eigenvalue weighted by Gasteiger charge is -2.35. The van der Waals surface area contributed by atoms with Crippen LogP contribution in [0.1, 0.15) is 6.42 Å². The Morgan fingerprint density at radius 2 is 1.83 bits per heavy atom. The first-order valence-electron chi connectivity index (χ1n) is 7.37. The molecular formula is C13H22N6O3S. The van der Waals surface area contributed by atoms with Gasteiger partial charge in [0.05, 0.1) is 0 Å². The fraction of sp³-hybridized carbons (Fsp3) is 0.615. The summed E-state index contributed by atoms with van der Waals surface area (Å²) in [5, 5.41) is 2.98. The fourth-order valence-corrected chi connectivity index (χ4v) is 3.32. The molecule has 2 heterocycles. The highest BCUT2D eigenvalue weighted by Crippen LogP contribution is 2.10. The smallest absolute Gasteiger partial charge is 0.281 e. The van der Waals surface area contributed by atoms with Crippen molar-refractivity contribution in [1.29, 1.82) is 0 Å². The molecule has 1 aliphatic rings. The molecule has 128 valence electrons. The van der Waals surface area contributed by atoms with Crippen molar-refractivity contribution >= 4 is 22.1 Å². The van der Waals surface area contributed by atoms with Crippen molar-refractivity contribution in [1.82, 2.24) is 23.5 Å². The molecule has 0 aliphatic carbocycles. The molecule has 0 saturated carbocycles. The van der Waals surface area contributed by atoms with E-state index in [1.807, 2.05) is 0 Å². The predicted molar refractivity (Wildman–Crippen MR) is 85.9 cm³/mol. The Morgan fingerprint density at radius 1 is 1.22 bits per heavy atom. The van der Waals surface area contributed by atoms with E-state index < -0.39 is 10.2 Å². The summed E-state index contributed by atoms with van der Waals surface area (Å²) in [6.07, 6.45) is 3.57. The molecule has 0 bridgehead atoms. The van der Waals surface area contributed by atoms with Crippen LogP contribution >= 0.6 is 0 Å². The van der Waals surface area contributed by atoms with Gasteiger partial charge < -0.3 is 10.2 Å². The SMILES string of the molecule is CN(C)S(=O)(=O)N1CCN(C(=O)CCNc2ncccn2)CC1. The largest absolute Gasteiger partial charge is 0.354 e. The van der Waals surface area contributed by atoms with E-state index in [2.05, 4.69) is 15.3 Å². The number of carbonyl (C=O) groups excluding carboxylic acids is 1. The van der Waals surface area contributed by atoms with Gasteiger partial charge in [-0.1, -0.05) is 0 Å². The van der Waals surface area contributed by atoms with Gasteiger partial charge in [-0.15, -0.1) is 0 Å². The number of nitrogens with zero attached hydrogens (tertiary/aromatic N) is 5. The van der Waals surface area contributed by atoms with Gasteiger partial charge in [0.1, 0.15) is 0 Å². The van der Waals surface area contributed by atoms with Crippen LogP contribution in [0.4, 0.5) is 5.95 Å². The summed E-state index contributed by atoms with van der Waals surface area (Å²) in [5.41, 5.74) is 0. The third kappa shape index (κ3) is 4.60. The second-order valence-corrected chi connectivity index (χ2v) is 7.46. The van der Waals surface area contributed by atoms with E-state index in [-0.39, 0.29) is 5.91 Å². The van der Waals surface area contributed by atoms with Crippen molar-refractivity contribution < 1.29 is 13.2 Å². The highest BCUT2D eigenvalue weighted by molar-refractivity contribution is 7.86. The van der Waals surface area contributed by atoms with Gasteiger partial charge in [-0.25, -0.2) is 9.97 Å². The lowest BCUT2D eigenvalue weighted by atomic mass is 10.3. The molecule has 0 radical (unpaired) electrons. The zero-order chi connectivity index (χ0) is 16.9. The Hall–Kier alpha value is -1.78. The van der Waals surface area contributed by atoms with Crippen LogP contribution in [0.15, 0.2) is 18.5 Å². The molecule has 1 aliphatic heterocycles. The Balaban J connectivity index is 1.76. The highest BCUT2D eigenvalue weighted by Gasteiger charge is 2.29. The molecule has 0 unspecified atom stereocenters. The van der Waals surface area contributed by atoms with Crippen LogP contribution in [0.3, 0.4) is 0 Å². The maximum atomic E-state index is 12.1. The normalized spacial score (nSPS) is 16.6. The molecule has 0 spiro atoms. The maximum absolute atomic E-state index is 12.1. The molecular weight excluding hydrogens is 320 g/mol. The molecule has 1 saturated heterocycles. The van der Waals surface area contributed by atoms with E-state index in [1.165, 1.54) is 22.7 Å². The molecule has 1 aromatic heterocycles. The monoisotopic (exact) mass is 342 g/mol. The standard InChI is InChI=1S/C13H22N6O3S/c1-17(2)23(21,22)19-10-8-18(9-11-19)12(20)4-7-16-13-14-5-3-6-15-13/h3,5-6H,4,7-11H2,1-2H3,(H,14,15,16). The first kappa shape index (κ1) is 17.6. The zero-order valence-electron chi connectivity index (χ0n) is 13.3. The van der Waals surface area contributed by atoms with E-state index in [9.17, 15) is 13.2 Å². The van der Waals surface area contributed by atoms with Gasteiger partial charge in [0.15, 0.2) is 0 Å². The molecule has 1 fully saturated rings. The highest BCUT2D eigenvalue weighted by atomic mass is 32.2. The summed E-state index contributed by atoms with van der Waals surface area (Å²) >= 11 is 0. The third-order valence-electron chi connectivity index (χ3n) is 3.57. The topological polar surface area (TPSA) is 98.7 Å². The van der Waals surface area contributed by atoms with Crippen LogP contribution < -0.4 is 5.32 Å². The third-order valence-corrected chi connectivity index (χ3v) is 5.51. The van der Waals surface area contributed by atoms with Gasteiger partial charge in [0, 0.05) is 65.6 Å². The number of rotatable bonds is 6. The minimum absolute atomic E-state index is 0.00432. The minimum Gasteiger partial charge on any atom is -0.354 e. The molecule has 1 N–H and O–H groups in total. The zero-order valence-corrected chi connectivity index (χ0v) is 14.2. The van der Waals surface area contributed by atoms with E-state index in [0.717, 1.165) is 0 Å². The van der Waals surface area contributed by atoms with Gasteiger partial charge >= 0.3 is 0 Å². The maximum Gasteiger partial charge on any atom is 0.281 e. The van der Waals surface area contributed by atoms with Crippen LogP contribution in [-0.2, 0) is 15.0 Å². The molecule has 9 nitrogen and oxygen atoms in total. The number of amides is 1. The van der Waals surface area contributed by atoms with Gasteiger partial charge in [-0.2, -0.15) is 17.0 Å². The molecule has 10 heteroatoms. The van der Waals surface area contributed by atoms with Crippen LogP contribution in [-0.4, -0.2) is 84.6 Å². The van der Waals surface area contributed by atoms with Crippen molar-refractivity contribution in [3.8, 4) is 0 Å². The second kappa shape index (κ2) is 7.66. The summed E-state index contributed by atoms with van der Waals surface area (Å²) in [6, 6.07) is 1.72. The summed E-state index contributed by atoms with van der Waals surface area (Å²) in [6.45, 7) is 1.91. The van der Waals surface area contributed by atoms with Crippen molar-refractivity contribution in [3.05, 3.63) is 18.5 Å². The van der Waals surface area contributed by atoms with Gasteiger partial charge in [0.25, 0.3) is 10.2 Å². The van der Waals surface area contributed by atoms with Gasteiger partial charge in [-0.3, -0.25) is 4.79 Å². The Bertz CT molecular complexity index is 614. The first-order chi connectivity index (χ1) is 10.9. The number of carbonyl (C=O) groups is 1. The Labute approximate surface area is 136 Å². The number of hydrogen-bond acceptors (Lipinski definition) is 6. The van der Waals surface area contributed by atoms with E-state index in [4.69, 9.17) is 0 Å².